The third-order valence-corrected chi connectivity index (χ3v) is 3.52. The van der Waals surface area contributed by atoms with Crippen LogP contribution >= 0.6 is 0 Å². The summed E-state index contributed by atoms with van der Waals surface area (Å²) in [4.78, 5) is 24.4. The van der Waals surface area contributed by atoms with Crippen LogP contribution in [-0.2, 0) is 16.1 Å². The summed E-state index contributed by atoms with van der Waals surface area (Å²) in [6, 6.07) is 14.1. The van der Waals surface area contributed by atoms with E-state index in [4.69, 9.17) is 4.74 Å². The molecule has 0 saturated heterocycles. The molecule has 0 heterocycles. The third-order valence-electron chi connectivity index (χ3n) is 3.52. The summed E-state index contributed by atoms with van der Waals surface area (Å²) in [5, 5.41) is 3.07. The lowest BCUT2D eigenvalue weighted by atomic mass is 10.0. The Morgan fingerprint density at radius 1 is 1.08 bits per heavy atom. The molecule has 0 aliphatic heterocycles. The van der Waals surface area contributed by atoms with Gasteiger partial charge in [0.2, 0.25) is 0 Å². The fourth-order valence-corrected chi connectivity index (χ4v) is 2.29. The van der Waals surface area contributed by atoms with E-state index in [1.165, 1.54) is 12.1 Å². The number of hydrogen-bond donors (Lipinski definition) is 1. The fourth-order valence-electron chi connectivity index (χ4n) is 2.29. The van der Waals surface area contributed by atoms with E-state index < -0.39 is 12.0 Å². The van der Waals surface area contributed by atoms with Gasteiger partial charge in [0, 0.05) is 12.1 Å². The topological polar surface area (TPSA) is 55.4 Å². The zero-order valence-electron chi connectivity index (χ0n) is 13.5. The summed E-state index contributed by atoms with van der Waals surface area (Å²) in [6.07, 6.45) is -0.0528. The van der Waals surface area contributed by atoms with Gasteiger partial charge in [-0.25, -0.2) is 4.39 Å². The highest BCUT2D eigenvalue weighted by molar-refractivity contribution is 6.01. The quantitative estimate of drug-likeness (QED) is 0.597. The molecular formula is C19H20FNO3. The maximum atomic E-state index is 13.0. The van der Waals surface area contributed by atoms with Crippen LogP contribution in [-0.4, -0.2) is 24.4 Å². The van der Waals surface area contributed by atoms with Crippen molar-refractivity contribution in [3.63, 3.8) is 0 Å². The van der Waals surface area contributed by atoms with E-state index in [9.17, 15) is 14.0 Å². The predicted octanol–water partition coefficient (Wildman–Crippen LogP) is 3.12. The zero-order valence-corrected chi connectivity index (χ0v) is 13.5. The Kier molecular flexibility index (Phi) is 6.63. The van der Waals surface area contributed by atoms with Gasteiger partial charge < -0.3 is 10.1 Å². The van der Waals surface area contributed by atoms with E-state index in [1.807, 2.05) is 6.07 Å². The number of carbonyl (C=O) groups is 2. The van der Waals surface area contributed by atoms with Crippen molar-refractivity contribution in [2.75, 3.05) is 6.61 Å². The Bertz CT molecular complexity index is 671. The van der Waals surface area contributed by atoms with E-state index in [-0.39, 0.29) is 24.6 Å². The maximum Gasteiger partial charge on any atom is 0.307 e. The van der Waals surface area contributed by atoms with E-state index in [0.717, 1.165) is 5.56 Å². The molecule has 2 rings (SSSR count). The summed E-state index contributed by atoms with van der Waals surface area (Å²) in [7, 11) is 0. The molecule has 0 fully saturated rings. The molecule has 0 bridgehead atoms. The molecule has 0 aromatic heterocycles. The Labute approximate surface area is 140 Å². The van der Waals surface area contributed by atoms with E-state index in [0.29, 0.717) is 12.1 Å². The smallest absolute Gasteiger partial charge is 0.307 e. The molecule has 1 unspecified atom stereocenters. The fraction of sp³-hybridized carbons (Fsp3) is 0.263. The average Bonchev–Trinajstić information content (AvgIpc) is 2.60. The highest BCUT2D eigenvalue weighted by Crippen LogP contribution is 2.09. The number of hydrogen-bond acceptors (Lipinski definition) is 4. The zero-order chi connectivity index (χ0) is 17.4. The van der Waals surface area contributed by atoms with Gasteiger partial charge in [-0.3, -0.25) is 9.59 Å². The molecule has 0 aliphatic rings. The standard InChI is InChI=1S/C19H20FNO3/c1-2-24-18(22)12-17(19(23)15-6-4-3-5-7-15)21-13-14-8-10-16(20)11-9-14/h3-11,17,21H,2,12-13H2,1H3. The van der Waals surface area contributed by atoms with Crippen LogP contribution in [0.3, 0.4) is 0 Å². The van der Waals surface area contributed by atoms with Crippen molar-refractivity contribution < 1.29 is 18.7 Å². The second kappa shape index (κ2) is 8.93. The van der Waals surface area contributed by atoms with Crippen LogP contribution in [0.15, 0.2) is 54.6 Å². The van der Waals surface area contributed by atoms with Crippen LogP contribution in [0.5, 0.6) is 0 Å². The molecule has 4 nitrogen and oxygen atoms in total. The van der Waals surface area contributed by atoms with Crippen LogP contribution in [0.25, 0.3) is 0 Å². The normalized spacial score (nSPS) is 11.8. The first-order valence-corrected chi connectivity index (χ1v) is 7.83. The number of carbonyl (C=O) groups excluding carboxylic acids is 2. The van der Waals surface area contributed by atoms with Crippen LogP contribution < -0.4 is 5.32 Å². The highest BCUT2D eigenvalue weighted by atomic mass is 19.1. The van der Waals surface area contributed by atoms with Gasteiger partial charge >= 0.3 is 5.97 Å². The Balaban J connectivity index is 2.08. The first kappa shape index (κ1) is 17.8. The van der Waals surface area contributed by atoms with Crippen molar-refractivity contribution >= 4 is 11.8 Å². The van der Waals surface area contributed by atoms with E-state index in [2.05, 4.69) is 5.32 Å². The molecule has 1 atom stereocenters. The summed E-state index contributed by atoms with van der Waals surface area (Å²) < 4.78 is 17.9. The molecule has 0 amide bonds. The first-order chi connectivity index (χ1) is 11.6. The lowest BCUT2D eigenvalue weighted by Crippen LogP contribution is -2.38. The number of ether oxygens (including phenoxy) is 1. The molecule has 0 saturated carbocycles. The minimum Gasteiger partial charge on any atom is -0.466 e. The maximum absolute atomic E-state index is 13.0. The molecule has 0 radical (unpaired) electrons. The van der Waals surface area contributed by atoms with Crippen LogP contribution in [0.4, 0.5) is 4.39 Å². The first-order valence-electron chi connectivity index (χ1n) is 7.83. The largest absolute Gasteiger partial charge is 0.466 e. The lowest BCUT2D eigenvalue weighted by Gasteiger charge is -2.17. The molecule has 1 N–H and O–H groups in total. The Hall–Kier alpha value is -2.53. The third kappa shape index (κ3) is 5.28. The number of benzene rings is 2. The molecule has 2 aromatic carbocycles. The summed E-state index contributed by atoms with van der Waals surface area (Å²) in [5.74, 6) is -0.925. The minimum atomic E-state index is -0.698. The molecule has 0 aliphatic carbocycles. The number of Topliss-reactive ketones (excluding diaryl/α,β-unsaturated/α-hetero) is 1. The molecule has 24 heavy (non-hydrogen) atoms. The second-order valence-electron chi connectivity index (χ2n) is 5.30. The van der Waals surface area contributed by atoms with Crippen molar-refractivity contribution in [2.45, 2.75) is 25.9 Å². The van der Waals surface area contributed by atoms with Gasteiger partial charge in [0.15, 0.2) is 5.78 Å². The summed E-state index contributed by atoms with van der Waals surface area (Å²) in [6.45, 7) is 2.34. The van der Waals surface area contributed by atoms with Gasteiger partial charge in [0.25, 0.3) is 0 Å². The number of ketones is 1. The second-order valence-corrected chi connectivity index (χ2v) is 5.30. The Morgan fingerprint density at radius 2 is 1.75 bits per heavy atom. The SMILES string of the molecule is CCOC(=O)CC(NCc1ccc(F)cc1)C(=O)c1ccccc1. The molecule has 5 heteroatoms. The number of halogens is 1. The monoisotopic (exact) mass is 329 g/mol. The van der Waals surface area contributed by atoms with Crippen molar-refractivity contribution in [3.05, 3.63) is 71.5 Å². The Morgan fingerprint density at radius 3 is 2.38 bits per heavy atom. The average molecular weight is 329 g/mol. The van der Waals surface area contributed by atoms with Gasteiger partial charge in [-0.1, -0.05) is 42.5 Å². The number of nitrogens with one attached hydrogen (secondary N) is 1. The van der Waals surface area contributed by atoms with Gasteiger partial charge in [0.05, 0.1) is 19.1 Å². The molecular weight excluding hydrogens is 309 g/mol. The summed E-state index contributed by atoms with van der Waals surface area (Å²) >= 11 is 0. The molecule has 126 valence electrons. The van der Waals surface area contributed by atoms with Crippen molar-refractivity contribution in [3.8, 4) is 0 Å². The van der Waals surface area contributed by atoms with Crippen LogP contribution in [0, 0.1) is 5.82 Å². The lowest BCUT2D eigenvalue weighted by molar-refractivity contribution is -0.143. The van der Waals surface area contributed by atoms with Crippen molar-refractivity contribution in [2.24, 2.45) is 0 Å². The van der Waals surface area contributed by atoms with Crippen LogP contribution in [0.2, 0.25) is 0 Å². The highest BCUT2D eigenvalue weighted by Gasteiger charge is 2.23. The van der Waals surface area contributed by atoms with Gasteiger partial charge in [-0.15, -0.1) is 0 Å². The van der Waals surface area contributed by atoms with E-state index >= 15 is 0 Å². The van der Waals surface area contributed by atoms with E-state index in [1.54, 1.807) is 43.3 Å². The number of rotatable bonds is 8. The summed E-state index contributed by atoms with van der Waals surface area (Å²) in [5.41, 5.74) is 1.35. The van der Waals surface area contributed by atoms with Gasteiger partial charge in [-0.2, -0.15) is 0 Å². The van der Waals surface area contributed by atoms with Crippen LogP contribution in [0.1, 0.15) is 29.3 Å². The molecule has 2 aromatic rings. The van der Waals surface area contributed by atoms with Gasteiger partial charge in [0.1, 0.15) is 5.82 Å². The molecule has 0 spiro atoms. The predicted molar refractivity (Wildman–Crippen MR) is 89.1 cm³/mol. The van der Waals surface area contributed by atoms with Gasteiger partial charge in [-0.05, 0) is 24.6 Å². The van der Waals surface area contributed by atoms with Crippen molar-refractivity contribution in [1.82, 2.24) is 5.32 Å². The minimum absolute atomic E-state index is 0.0528. The van der Waals surface area contributed by atoms with Crippen molar-refractivity contribution in [1.29, 1.82) is 0 Å². The number of esters is 1.